The Labute approximate surface area is 111 Å². The minimum absolute atomic E-state index is 0.356. The lowest BCUT2D eigenvalue weighted by molar-refractivity contribution is 0.294. The van der Waals surface area contributed by atoms with Crippen LogP contribution in [0.1, 0.15) is 32.3 Å². The van der Waals surface area contributed by atoms with Crippen LogP contribution in [0.5, 0.6) is 5.75 Å². The van der Waals surface area contributed by atoms with Crippen molar-refractivity contribution in [3.05, 3.63) is 42.0 Å². The highest BCUT2D eigenvalue weighted by Crippen LogP contribution is 2.13. The number of aryl methyl sites for hydroxylation is 1. The molecule has 0 saturated carbocycles. The van der Waals surface area contributed by atoms with Crippen LogP contribution >= 0.6 is 0 Å². The lowest BCUT2D eigenvalue weighted by atomic mass is 10.1. The van der Waals surface area contributed by atoms with Crippen LogP contribution in [-0.4, -0.2) is 19.2 Å². The molecule has 0 aliphatic rings. The first-order valence-electron chi connectivity index (χ1n) is 6.71. The SMILES string of the molecule is C=C(C)C(CCOc1cccc(C)c1)NCCC. The molecule has 18 heavy (non-hydrogen) atoms. The van der Waals surface area contributed by atoms with E-state index in [0.29, 0.717) is 6.04 Å². The van der Waals surface area contributed by atoms with E-state index in [1.807, 2.05) is 12.1 Å². The first-order chi connectivity index (χ1) is 8.63. The number of rotatable bonds is 8. The zero-order valence-corrected chi connectivity index (χ0v) is 11.8. The topological polar surface area (TPSA) is 21.3 Å². The number of nitrogens with one attached hydrogen (secondary N) is 1. The predicted molar refractivity (Wildman–Crippen MR) is 78.2 cm³/mol. The Kier molecular flexibility index (Phi) is 6.51. The Morgan fingerprint density at radius 2 is 2.22 bits per heavy atom. The lowest BCUT2D eigenvalue weighted by Crippen LogP contribution is -2.32. The Morgan fingerprint density at radius 1 is 1.44 bits per heavy atom. The second-order valence-electron chi connectivity index (χ2n) is 4.81. The molecule has 0 aromatic heterocycles. The van der Waals surface area contributed by atoms with Crippen LogP contribution in [0.3, 0.4) is 0 Å². The van der Waals surface area contributed by atoms with Gasteiger partial charge in [-0.2, -0.15) is 0 Å². The summed E-state index contributed by atoms with van der Waals surface area (Å²) >= 11 is 0. The molecule has 1 aromatic rings. The molecule has 1 aromatic carbocycles. The van der Waals surface area contributed by atoms with Crippen molar-refractivity contribution in [1.29, 1.82) is 0 Å². The summed E-state index contributed by atoms with van der Waals surface area (Å²) in [6.07, 6.45) is 2.10. The molecule has 0 bridgehead atoms. The number of hydrogen-bond acceptors (Lipinski definition) is 2. The number of benzene rings is 1. The monoisotopic (exact) mass is 247 g/mol. The second-order valence-corrected chi connectivity index (χ2v) is 4.81. The third-order valence-corrected chi connectivity index (χ3v) is 2.90. The minimum Gasteiger partial charge on any atom is -0.494 e. The van der Waals surface area contributed by atoms with Crippen molar-refractivity contribution >= 4 is 0 Å². The van der Waals surface area contributed by atoms with Crippen molar-refractivity contribution in [2.75, 3.05) is 13.2 Å². The Bertz CT molecular complexity index is 373. The first kappa shape index (κ1) is 14.8. The van der Waals surface area contributed by atoms with Crippen LogP contribution in [0.25, 0.3) is 0 Å². The van der Waals surface area contributed by atoms with Gasteiger partial charge < -0.3 is 10.1 Å². The fourth-order valence-corrected chi connectivity index (χ4v) is 1.84. The van der Waals surface area contributed by atoms with Gasteiger partial charge in [0.05, 0.1) is 6.61 Å². The summed E-state index contributed by atoms with van der Waals surface area (Å²) in [5, 5.41) is 3.49. The molecule has 1 unspecified atom stereocenters. The molecule has 0 fully saturated rings. The van der Waals surface area contributed by atoms with Crippen molar-refractivity contribution in [3.8, 4) is 5.75 Å². The van der Waals surface area contributed by atoms with Gasteiger partial charge in [-0.3, -0.25) is 0 Å². The predicted octanol–water partition coefficient (Wildman–Crippen LogP) is 3.71. The Balaban J connectivity index is 2.36. The van der Waals surface area contributed by atoms with Crippen molar-refractivity contribution < 1.29 is 4.74 Å². The molecule has 1 rings (SSSR count). The summed E-state index contributed by atoms with van der Waals surface area (Å²) in [5.41, 5.74) is 2.41. The van der Waals surface area contributed by atoms with E-state index in [1.54, 1.807) is 0 Å². The smallest absolute Gasteiger partial charge is 0.119 e. The molecule has 0 spiro atoms. The van der Waals surface area contributed by atoms with Crippen LogP contribution in [-0.2, 0) is 0 Å². The molecule has 0 aliphatic heterocycles. The molecular weight excluding hydrogens is 222 g/mol. The van der Waals surface area contributed by atoms with Crippen molar-refractivity contribution in [2.24, 2.45) is 0 Å². The maximum Gasteiger partial charge on any atom is 0.119 e. The molecule has 0 heterocycles. The van der Waals surface area contributed by atoms with E-state index in [4.69, 9.17) is 4.74 Å². The quantitative estimate of drug-likeness (QED) is 0.707. The van der Waals surface area contributed by atoms with Gasteiger partial charge >= 0.3 is 0 Å². The molecule has 2 nitrogen and oxygen atoms in total. The molecule has 0 aliphatic carbocycles. The van der Waals surface area contributed by atoms with Crippen LogP contribution in [0, 0.1) is 6.92 Å². The van der Waals surface area contributed by atoms with Crippen molar-refractivity contribution in [1.82, 2.24) is 5.32 Å². The average Bonchev–Trinajstić information content (AvgIpc) is 2.33. The largest absolute Gasteiger partial charge is 0.494 e. The fourth-order valence-electron chi connectivity index (χ4n) is 1.84. The van der Waals surface area contributed by atoms with Gasteiger partial charge in [0.1, 0.15) is 5.75 Å². The third-order valence-electron chi connectivity index (χ3n) is 2.90. The minimum atomic E-state index is 0.356. The van der Waals surface area contributed by atoms with E-state index in [2.05, 4.69) is 44.8 Å². The van der Waals surface area contributed by atoms with Gasteiger partial charge in [-0.25, -0.2) is 0 Å². The Morgan fingerprint density at radius 3 is 2.83 bits per heavy atom. The molecule has 100 valence electrons. The lowest BCUT2D eigenvalue weighted by Gasteiger charge is -2.18. The molecule has 0 saturated heterocycles. The fraction of sp³-hybridized carbons (Fsp3) is 0.500. The maximum atomic E-state index is 5.77. The van der Waals surface area contributed by atoms with Gasteiger partial charge in [-0.1, -0.05) is 31.2 Å². The molecule has 1 atom stereocenters. The van der Waals surface area contributed by atoms with Crippen LogP contribution < -0.4 is 10.1 Å². The summed E-state index contributed by atoms with van der Waals surface area (Å²) in [4.78, 5) is 0. The van der Waals surface area contributed by atoms with E-state index in [1.165, 1.54) is 11.1 Å². The van der Waals surface area contributed by atoms with E-state index < -0.39 is 0 Å². The van der Waals surface area contributed by atoms with Gasteiger partial charge in [-0.15, -0.1) is 0 Å². The van der Waals surface area contributed by atoms with Crippen molar-refractivity contribution in [2.45, 2.75) is 39.7 Å². The molecule has 0 amide bonds. The third kappa shape index (κ3) is 5.37. The summed E-state index contributed by atoms with van der Waals surface area (Å²) < 4.78 is 5.77. The number of ether oxygens (including phenoxy) is 1. The molecular formula is C16H25NO. The molecule has 2 heteroatoms. The zero-order chi connectivity index (χ0) is 13.4. The summed E-state index contributed by atoms with van der Waals surface area (Å²) in [6, 6.07) is 8.52. The van der Waals surface area contributed by atoms with Gasteiger partial charge in [-0.05, 0) is 44.5 Å². The zero-order valence-electron chi connectivity index (χ0n) is 11.8. The van der Waals surface area contributed by atoms with Gasteiger partial charge in [0.2, 0.25) is 0 Å². The van der Waals surface area contributed by atoms with Gasteiger partial charge in [0.15, 0.2) is 0 Å². The maximum absolute atomic E-state index is 5.77. The van der Waals surface area contributed by atoms with Gasteiger partial charge in [0.25, 0.3) is 0 Å². The van der Waals surface area contributed by atoms with E-state index in [9.17, 15) is 0 Å². The second kappa shape index (κ2) is 7.93. The molecule has 1 N–H and O–H groups in total. The summed E-state index contributed by atoms with van der Waals surface area (Å²) in [7, 11) is 0. The summed E-state index contributed by atoms with van der Waals surface area (Å²) in [5.74, 6) is 0.950. The highest BCUT2D eigenvalue weighted by Gasteiger charge is 2.08. The van der Waals surface area contributed by atoms with E-state index in [-0.39, 0.29) is 0 Å². The van der Waals surface area contributed by atoms with Crippen molar-refractivity contribution in [3.63, 3.8) is 0 Å². The average molecular weight is 247 g/mol. The highest BCUT2D eigenvalue weighted by atomic mass is 16.5. The van der Waals surface area contributed by atoms with Crippen LogP contribution in [0.15, 0.2) is 36.4 Å². The number of hydrogen-bond donors (Lipinski definition) is 1. The first-order valence-corrected chi connectivity index (χ1v) is 6.71. The van der Waals surface area contributed by atoms with Crippen LogP contribution in [0.2, 0.25) is 0 Å². The van der Waals surface area contributed by atoms with E-state index in [0.717, 1.165) is 31.7 Å². The standard InChI is InChI=1S/C16H25NO/c1-5-10-17-16(13(2)3)9-11-18-15-8-6-7-14(4)12-15/h6-8,12,16-17H,2,5,9-11H2,1,3-4H3. The summed E-state index contributed by atoms with van der Waals surface area (Å²) in [6.45, 7) is 12.1. The van der Waals surface area contributed by atoms with Gasteiger partial charge in [0, 0.05) is 12.5 Å². The molecule has 0 radical (unpaired) electrons. The van der Waals surface area contributed by atoms with E-state index >= 15 is 0 Å². The Hall–Kier alpha value is -1.28. The normalized spacial score (nSPS) is 12.2. The highest BCUT2D eigenvalue weighted by molar-refractivity contribution is 5.27. The van der Waals surface area contributed by atoms with Crippen LogP contribution in [0.4, 0.5) is 0 Å².